The SMILES string of the molecule is C=C1CCCN(C(N)=O)C1=CC. The third-order valence-corrected chi connectivity index (χ3v) is 2.05. The molecule has 0 saturated carbocycles. The van der Waals surface area contributed by atoms with Crippen LogP contribution in [0.4, 0.5) is 4.79 Å². The normalized spacial score (nSPS) is 21.6. The monoisotopic (exact) mass is 166 g/mol. The van der Waals surface area contributed by atoms with Crippen molar-refractivity contribution in [3.63, 3.8) is 0 Å². The summed E-state index contributed by atoms with van der Waals surface area (Å²) in [6.45, 7) is 6.49. The molecule has 0 radical (unpaired) electrons. The van der Waals surface area contributed by atoms with Crippen molar-refractivity contribution in [1.82, 2.24) is 4.90 Å². The number of allylic oxidation sites excluding steroid dienone is 2. The van der Waals surface area contributed by atoms with E-state index in [0.29, 0.717) is 6.54 Å². The number of carbonyl (C=O) groups is 1. The molecule has 0 unspecified atom stereocenters. The van der Waals surface area contributed by atoms with Crippen molar-refractivity contribution in [2.75, 3.05) is 6.54 Å². The first-order valence-corrected chi connectivity index (χ1v) is 4.08. The van der Waals surface area contributed by atoms with E-state index in [1.54, 1.807) is 4.90 Å². The van der Waals surface area contributed by atoms with Crippen LogP contribution in [0.3, 0.4) is 0 Å². The van der Waals surface area contributed by atoms with Crippen LogP contribution in [-0.4, -0.2) is 17.5 Å². The molecule has 0 bridgehead atoms. The van der Waals surface area contributed by atoms with Crippen LogP contribution in [0.2, 0.25) is 0 Å². The predicted octanol–water partition coefficient (Wildman–Crippen LogP) is 1.62. The lowest BCUT2D eigenvalue weighted by Gasteiger charge is -2.29. The van der Waals surface area contributed by atoms with Crippen molar-refractivity contribution in [2.24, 2.45) is 5.73 Å². The molecule has 66 valence electrons. The molecule has 12 heavy (non-hydrogen) atoms. The van der Waals surface area contributed by atoms with Crippen LogP contribution in [0.15, 0.2) is 23.9 Å². The molecule has 0 aliphatic carbocycles. The number of piperidine rings is 1. The molecule has 1 aliphatic heterocycles. The van der Waals surface area contributed by atoms with Crippen LogP contribution >= 0.6 is 0 Å². The molecule has 3 nitrogen and oxygen atoms in total. The maximum Gasteiger partial charge on any atom is 0.319 e. The molecule has 2 amide bonds. The number of primary amides is 1. The van der Waals surface area contributed by atoms with Crippen LogP contribution in [0.1, 0.15) is 19.8 Å². The minimum absolute atomic E-state index is 0.385. The van der Waals surface area contributed by atoms with E-state index in [1.807, 2.05) is 13.0 Å². The lowest BCUT2D eigenvalue weighted by molar-refractivity contribution is 0.217. The largest absolute Gasteiger partial charge is 0.351 e. The Morgan fingerprint density at radius 2 is 2.42 bits per heavy atom. The molecule has 0 aromatic rings. The Hall–Kier alpha value is -1.25. The second kappa shape index (κ2) is 3.43. The van der Waals surface area contributed by atoms with Crippen LogP contribution in [-0.2, 0) is 0 Å². The lowest BCUT2D eigenvalue weighted by Crippen LogP contribution is -2.38. The Bertz CT molecular complexity index is 243. The van der Waals surface area contributed by atoms with Crippen LogP contribution in [0.5, 0.6) is 0 Å². The van der Waals surface area contributed by atoms with Crippen LogP contribution in [0.25, 0.3) is 0 Å². The van der Waals surface area contributed by atoms with E-state index in [2.05, 4.69) is 6.58 Å². The van der Waals surface area contributed by atoms with E-state index < -0.39 is 0 Å². The number of nitrogens with two attached hydrogens (primary N) is 1. The topological polar surface area (TPSA) is 46.3 Å². The van der Waals surface area contributed by atoms with Gasteiger partial charge in [-0.1, -0.05) is 12.7 Å². The van der Waals surface area contributed by atoms with Crippen LogP contribution in [0, 0.1) is 0 Å². The van der Waals surface area contributed by atoms with Gasteiger partial charge in [0.25, 0.3) is 0 Å². The highest BCUT2D eigenvalue weighted by Crippen LogP contribution is 2.24. The van der Waals surface area contributed by atoms with E-state index in [4.69, 9.17) is 5.73 Å². The molecule has 3 heteroatoms. The third kappa shape index (κ3) is 1.49. The molecule has 1 rings (SSSR count). The van der Waals surface area contributed by atoms with Gasteiger partial charge in [-0.15, -0.1) is 0 Å². The third-order valence-electron chi connectivity index (χ3n) is 2.05. The Balaban J connectivity index is 2.86. The molecule has 0 aromatic carbocycles. The van der Waals surface area contributed by atoms with Gasteiger partial charge in [-0.3, -0.25) is 4.90 Å². The molecule has 1 saturated heterocycles. The average molecular weight is 166 g/mol. The highest BCUT2D eigenvalue weighted by Gasteiger charge is 2.20. The fourth-order valence-electron chi connectivity index (χ4n) is 1.48. The van der Waals surface area contributed by atoms with Gasteiger partial charge in [0.05, 0.1) is 0 Å². The molecular formula is C9H14N2O. The summed E-state index contributed by atoms with van der Waals surface area (Å²) < 4.78 is 0. The smallest absolute Gasteiger partial charge is 0.319 e. The van der Waals surface area contributed by atoms with Crippen molar-refractivity contribution in [3.8, 4) is 0 Å². The number of carbonyl (C=O) groups excluding carboxylic acids is 1. The molecule has 1 aliphatic rings. The summed E-state index contributed by atoms with van der Waals surface area (Å²) in [6.07, 6.45) is 3.80. The maximum atomic E-state index is 10.9. The van der Waals surface area contributed by atoms with Crippen molar-refractivity contribution in [3.05, 3.63) is 23.9 Å². The van der Waals surface area contributed by atoms with Gasteiger partial charge in [0.1, 0.15) is 0 Å². The number of amides is 2. The van der Waals surface area contributed by atoms with Crippen molar-refractivity contribution < 1.29 is 4.79 Å². The summed E-state index contributed by atoms with van der Waals surface area (Å²) in [4.78, 5) is 12.5. The molecule has 0 aromatic heterocycles. The van der Waals surface area contributed by atoms with Gasteiger partial charge in [-0.05, 0) is 25.3 Å². The Kier molecular flexibility index (Phi) is 2.53. The van der Waals surface area contributed by atoms with E-state index in [9.17, 15) is 4.79 Å². The van der Waals surface area contributed by atoms with Gasteiger partial charge in [-0.2, -0.15) is 0 Å². The second-order valence-electron chi connectivity index (χ2n) is 2.87. The summed E-state index contributed by atoms with van der Waals surface area (Å²) in [5, 5.41) is 0. The number of likely N-dealkylation sites (tertiary alicyclic amines) is 1. The second-order valence-corrected chi connectivity index (χ2v) is 2.87. The Morgan fingerprint density at radius 1 is 1.75 bits per heavy atom. The van der Waals surface area contributed by atoms with Gasteiger partial charge in [0.2, 0.25) is 0 Å². The zero-order chi connectivity index (χ0) is 9.14. The molecule has 1 heterocycles. The van der Waals surface area contributed by atoms with Crippen molar-refractivity contribution in [1.29, 1.82) is 0 Å². The summed E-state index contributed by atoms with van der Waals surface area (Å²) in [5.74, 6) is 0. The summed E-state index contributed by atoms with van der Waals surface area (Å²) in [5.41, 5.74) is 7.09. The standard InChI is InChI=1S/C9H14N2O/c1-3-8-7(2)5-4-6-11(8)9(10)12/h3H,2,4-6H2,1H3,(H2,10,12). The Morgan fingerprint density at radius 3 is 2.83 bits per heavy atom. The van der Waals surface area contributed by atoms with E-state index in [0.717, 1.165) is 24.1 Å². The van der Waals surface area contributed by atoms with Gasteiger partial charge >= 0.3 is 6.03 Å². The first-order valence-electron chi connectivity index (χ1n) is 4.08. The highest BCUT2D eigenvalue weighted by atomic mass is 16.2. The summed E-state index contributed by atoms with van der Waals surface area (Å²) in [7, 11) is 0. The van der Waals surface area contributed by atoms with Crippen LogP contribution < -0.4 is 5.73 Å². The summed E-state index contributed by atoms with van der Waals surface area (Å²) in [6, 6.07) is -0.385. The van der Waals surface area contributed by atoms with Gasteiger partial charge in [0.15, 0.2) is 0 Å². The maximum absolute atomic E-state index is 10.9. The molecule has 0 spiro atoms. The molecule has 1 fully saturated rings. The first kappa shape index (κ1) is 8.84. The first-order chi connectivity index (χ1) is 5.66. The minimum atomic E-state index is -0.385. The van der Waals surface area contributed by atoms with E-state index in [-0.39, 0.29) is 6.03 Å². The number of rotatable bonds is 0. The minimum Gasteiger partial charge on any atom is -0.351 e. The van der Waals surface area contributed by atoms with Crippen molar-refractivity contribution >= 4 is 6.03 Å². The van der Waals surface area contributed by atoms with E-state index in [1.165, 1.54) is 0 Å². The summed E-state index contributed by atoms with van der Waals surface area (Å²) >= 11 is 0. The number of urea groups is 1. The average Bonchev–Trinajstić information content (AvgIpc) is 2.03. The zero-order valence-corrected chi connectivity index (χ0v) is 7.34. The number of nitrogens with zero attached hydrogens (tertiary/aromatic N) is 1. The number of hydrogen-bond donors (Lipinski definition) is 1. The molecule has 0 atom stereocenters. The quantitative estimate of drug-likeness (QED) is 0.584. The van der Waals surface area contributed by atoms with Crippen molar-refractivity contribution in [2.45, 2.75) is 19.8 Å². The fourth-order valence-corrected chi connectivity index (χ4v) is 1.48. The Labute approximate surface area is 72.5 Å². The van der Waals surface area contributed by atoms with Gasteiger partial charge < -0.3 is 5.73 Å². The molecule has 2 N–H and O–H groups in total. The number of hydrogen-bond acceptors (Lipinski definition) is 1. The lowest BCUT2D eigenvalue weighted by atomic mass is 10.0. The fraction of sp³-hybridized carbons (Fsp3) is 0.444. The van der Waals surface area contributed by atoms with Gasteiger partial charge in [-0.25, -0.2) is 4.79 Å². The highest BCUT2D eigenvalue weighted by molar-refractivity contribution is 5.75. The van der Waals surface area contributed by atoms with Gasteiger partial charge in [0, 0.05) is 12.2 Å². The van der Waals surface area contributed by atoms with E-state index >= 15 is 0 Å². The molecular weight excluding hydrogens is 152 g/mol. The zero-order valence-electron chi connectivity index (χ0n) is 7.34. The predicted molar refractivity (Wildman–Crippen MR) is 48.4 cm³/mol.